The minimum atomic E-state index is -0.610. The van der Waals surface area contributed by atoms with E-state index >= 15 is 0 Å². The van der Waals surface area contributed by atoms with Crippen molar-refractivity contribution in [3.63, 3.8) is 0 Å². The summed E-state index contributed by atoms with van der Waals surface area (Å²) in [6.45, 7) is 6.88. The molecule has 0 spiro atoms. The predicted octanol–water partition coefficient (Wildman–Crippen LogP) is 2.47. The molecule has 0 radical (unpaired) electrons. The number of amides is 1. The Morgan fingerprint density at radius 3 is 2.97 bits per heavy atom. The van der Waals surface area contributed by atoms with E-state index in [1.807, 2.05) is 26.0 Å². The molecule has 1 aromatic carbocycles. The van der Waals surface area contributed by atoms with Crippen LogP contribution in [-0.4, -0.2) is 51.2 Å². The standard InChI is InChI=1S/C21H27N5O3/c1-15(2)29-19-5-3-4-16(10-19)13-26-9-8-18(14-26)24-20-12-22-17(11-23-20)6-7-21(27)25-28/h3-7,10-12,15,18,28H,8-9,13-14H2,1-2H3,(H,23,24)(H,25,27)/b7-6+/t18-/m1/s1. The van der Waals surface area contributed by atoms with Crippen LogP contribution in [0, 0.1) is 0 Å². The monoisotopic (exact) mass is 397 g/mol. The van der Waals surface area contributed by atoms with Crippen molar-refractivity contribution < 1.29 is 14.7 Å². The Hall–Kier alpha value is -2.97. The summed E-state index contributed by atoms with van der Waals surface area (Å²) in [5, 5.41) is 11.9. The van der Waals surface area contributed by atoms with Gasteiger partial charge in [0.2, 0.25) is 0 Å². The summed E-state index contributed by atoms with van der Waals surface area (Å²) >= 11 is 0. The van der Waals surface area contributed by atoms with Gasteiger partial charge in [-0.2, -0.15) is 0 Å². The first-order valence-electron chi connectivity index (χ1n) is 9.70. The second kappa shape index (κ2) is 9.99. The van der Waals surface area contributed by atoms with Crippen LogP contribution in [0.15, 0.2) is 42.7 Å². The van der Waals surface area contributed by atoms with Crippen LogP contribution in [0.2, 0.25) is 0 Å². The molecule has 29 heavy (non-hydrogen) atoms. The number of carbonyl (C=O) groups excluding carboxylic acids is 1. The molecule has 1 aliphatic heterocycles. The Kier molecular flexibility index (Phi) is 7.15. The number of nitrogens with zero attached hydrogens (tertiary/aromatic N) is 3. The second-order valence-electron chi connectivity index (χ2n) is 7.31. The lowest BCUT2D eigenvalue weighted by atomic mass is 10.2. The van der Waals surface area contributed by atoms with E-state index < -0.39 is 5.91 Å². The van der Waals surface area contributed by atoms with E-state index in [-0.39, 0.29) is 6.10 Å². The number of likely N-dealkylation sites (tertiary alicyclic amines) is 1. The first-order chi connectivity index (χ1) is 14.0. The highest BCUT2D eigenvalue weighted by atomic mass is 16.5. The third-order valence-electron chi connectivity index (χ3n) is 4.49. The summed E-state index contributed by atoms with van der Waals surface area (Å²) in [6.07, 6.45) is 7.09. The first-order valence-corrected chi connectivity index (χ1v) is 9.70. The molecular formula is C21H27N5O3. The summed E-state index contributed by atoms with van der Waals surface area (Å²) in [5.74, 6) is 1.00. The van der Waals surface area contributed by atoms with E-state index in [1.54, 1.807) is 12.4 Å². The van der Waals surface area contributed by atoms with E-state index in [2.05, 4.69) is 32.3 Å². The Labute approximate surface area is 170 Å². The van der Waals surface area contributed by atoms with Crippen molar-refractivity contribution in [3.8, 4) is 5.75 Å². The minimum Gasteiger partial charge on any atom is -0.491 e. The summed E-state index contributed by atoms with van der Waals surface area (Å²) < 4.78 is 5.78. The van der Waals surface area contributed by atoms with Crippen LogP contribution >= 0.6 is 0 Å². The highest BCUT2D eigenvalue weighted by molar-refractivity contribution is 5.90. The Morgan fingerprint density at radius 2 is 2.24 bits per heavy atom. The van der Waals surface area contributed by atoms with E-state index in [4.69, 9.17) is 9.94 Å². The number of carbonyl (C=O) groups is 1. The average Bonchev–Trinajstić information content (AvgIpc) is 3.13. The molecule has 2 aromatic rings. The number of aromatic nitrogens is 2. The Morgan fingerprint density at radius 1 is 1.38 bits per heavy atom. The maximum atomic E-state index is 11.0. The van der Waals surface area contributed by atoms with Gasteiger partial charge in [0.1, 0.15) is 11.6 Å². The molecule has 8 heteroatoms. The van der Waals surface area contributed by atoms with Gasteiger partial charge in [0.25, 0.3) is 5.91 Å². The molecule has 0 saturated carbocycles. The van der Waals surface area contributed by atoms with Crippen LogP contribution < -0.4 is 15.5 Å². The third-order valence-corrected chi connectivity index (χ3v) is 4.49. The maximum Gasteiger partial charge on any atom is 0.267 e. The molecule has 0 bridgehead atoms. The lowest BCUT2D eigenvalue weighted by molar-refractivity contribution is -0.124. The van der Waals surface area contributed by atoms with Crippen molar-refractivity contribution in [1.82, 2.24) is 20.3 Å². The molecule has 1 aromatic heterocycles. The van der Waals surface area contributed by atoms with Gasteiger partial charge < -0.3 is 10.1 Å². The zero-order valence-corrected chi connectivity index (χ0v) is 16.7. The second-order valence-corrected chi connectivity index (χ2v) is 7.31. The number of anilines is 1. The molecule has 3 N–H and O–H groups in total. The van der Waals surface area contributed by atoms with Crippen molar-refractivity contribution in [2.45, 2.75) is 39.0 Å². The van der Waals surface area contributed by atoms with Crippen molar-refractivity contribution >= 4 is 17.8 Å². The molecule has 1 aliphatic rings. The Bertz CT molecular complexity index is 838. The lowest BCUT2D eigenvalue weighted by Gasteiger charge is -2.18. The number of hydrogen-bond donors (Lipinski definition) is 3. The number of hydroxylamine groups is 1. The largest absolute Gasteiger partial charge is 0.491 e. The quantitative estimate of drug-likeness (QED) is 0.357. The van der Waals surface area contributed by atoms with Gasteiger partial charge in [0.15, 0.2) is 0 Å². The van der Waals surface area contributed by atoms with Crippen molar-refractivity contribution in [2.24, 2.45) is 0 Å². The average molecular weight is 397 g/mol. The van der Waals surface area contributed by atoms with Gasteiger partial charge in [-0.3, -0.25) is 19.9 Å². The lowest BCUT2D eigenvalue weighted by Crippen LogP contribution is -2.26. The first kappa shape index (κ1) is 20.8. The van der Waals surface area contributed by atoms with Crippen molar-refractivity contribution in [3.05, 3.63) is 54.0 Å². The molecule has 2 heterocycles. The normalized spacial score (nSPS) is 17.0. The fourth-order valence-corrected chi connectivity index (χ4v) is 3.25. The number of ether oxygens (including phenoxy) is 1. The van der Waals surface area contributed by atoms with Crippen LogP contribution in [0.3, 0.4) is 0 Å². The molecule has 1 atom stereocenters. The number of benzene rings is 1. The molecule has 0 unspecified atom stereocenters. The van der Waals surface area contributed by atoms with Crippen LogP contribution in [0.25, 0.3) is 6.08 Å². The predicted molar refractivity (Wildman–Crippen MR) is 111 cm³/mol. The fraction of sp³-hybridized carbons (Fsp3) is 0.381. The van der Waals surface area contributed by atoms with E-state index in [0.29, 0.717) is 17.6 Å². The van der Waals surface area contributed by atoms with Gasteiger partial charge in [-0.1, -0.05) is 12.1 Å². The molecule has 1 saturated heterocycles. The van der Waals surface area contributed by atoms with Crippen LogP contribution in [0.1, 0.15) is 31.5 Å². The van der Waals surface area contributed by atoms with E-state index in [9.17, 15) is 4.79 Å². The highest BCUT2D eigenvalue weighted by Crippen LogP contribution is 2.20. The van der Waals surface area contributed by atoms with Gasteiger partial charge in [0.05, 0.1) is 24.2 Å². The van der Waals surface area contributed by atoms with Gasteiger partial charge in [-0.15, -0.1) is 0 Å². The molecule has 1 amide bonds. The summed E-state index contributed by atoms with van der Waals surface area (Å²) in [4.78, 5) is 22.0. The number of nitrogens with one attached hydrogen (secondary N) is 2. The molecule has 154 valence electrons. The molecule has 8 nitrogen and oxygen atoms in total. The summed E-state index contributed by atoms with van der Waals surface area (Å²) in [5.41, 5.74) is 3.31. The Balaban J connectivity index is 1.50. The van der Waals surface area contributed by atoms with Gasteiger partial charge in [-0.05, 0) is 44.0 Å². The van der Waals surface area contributed by atoms with E-state index in [1.165, 1.54) is 23.2 Å². The molecular weight excluding hydrogens is 370 g/mol. The topological polar surface area (TPSA) is 99.6 Å². The number of hydrogen-bond acceptors (Lipinski definition) is 7. The third kappa shape index (κ3) is 6.55. The van der Waals surface area contributed by atoms with Gasteiger partial charge in [-0.25, -0.2) is 10.5 Å². The van der Waals surface area contributed by atoms with Crippen LogP contribution in [0.4, 0.5) is 5.82 Å². The highest BCUT2D eigenvalue weighted by Gasteiger charge is 2.22. The molecule has 0 aliphatic carbocycles. The van der Waals surface area contributed by atoms with Gasteiger partial charge >= 0.3 is 0 Å². The molecule has 3 rings (SSSR count). The smallest absolute Gasteiger partial charge is 0.267 e. The van der Waals surface area contributed by atoms with Crippen LogP contribution in [0.5, 0.6) is 5.75 Å². The van der Waals surface area contributed by atoms with E-state index in [0.717, 1.165) is 31.8 Å². The number of rotatable bonds is 8. The zero-order valence-electron chi connectivity index (χ0n) is 16.7. The summed E-state index contributed by atoms with van der Waals surface area (Å²) in [6, 6.07) is 8.57. The maximum absolute atomic E-state index is 11.0. The summed E-state index contributed by atoms with van der Waals surface area (Å²) in [7, 11) is 0. The fourth-order valence-electron chi connectivity index (χ4n) is 3.25. The molecule has 1 fully saturated rings. The zero-order chi connectivity index (χ0) is 20.6. The van der Waals surface area contributed by atoms with Crippen molar-refractivity contribution in [1.29, 1.82) is 0 Å². The minimum absolute atomic E-state index is 0.167. The van der Waals surface area contributed by atoms with Crippen LogP contribution in [-0.2, 0) is 11.3 Å². The van der Waals surface area contributed by atoms with Crippen molar-refractivity contribution in [2.75, 3.05) is 18.4 Å². The SMILES string of the molecule is CC(C)Oc1cccc(CN2CC[C@@H](Nc3cnc(/C=C/C(=O)NO)cn3)C2)c1. The van der Waals surface area contributed by atoms with Gasteiger partial charge in [0, 0.05) is 31.8 Å².